The van der Waals surface area contributed by atoms with Gasteiger partial charge in [0.2, 0.25) is 0 Å². The van der Waals surface area contributed by atoms with Crippen LogP contribution in [-0.4, -0.2) is 27.2 Å². The number of para-hydroxylation sites is 1. The molecule has 6 heteroatoms. The number of amides is 1. The number of hydrogen-bond donors (Lipinski definition) is 2. The minimum absolute atomic E-state index is 0.100. The zero-order valence-electron chi connectivity index (χ0n) is 13.2. The number of benzene rings is 1. The molecule has 6 nitrogen and oxygen atoms in total. The SMILES string of the molecule is O=C(NCCn1nc2c(cc1=O)CCC2)c1c[nH]c2ccccc12. The summed E-state index contributed by atoms with van der Waals surface area (Å²) in [6.07, 6.45) is 4.63. The van der Waals surface area contributed by atoms with Crippen molar-refractivity contribution in [2.24, 2.45) is 0 Å². The van der Waals surface area contributed by atoms with Crippen LogP contribution in [-0.2, 0) is 19.4 Å². The average Bonchev–Trinajstić information content (AvgIpc) is 3.21. The van der Waals surface area contributed by atoms with Crippen molar-refractivity contribution in [3.05, 3.63) is 63.7 Å². The molecule has 1 aliphatic rings. The topological polar surface area (TPSA) is 79.8 Å². The van der Waals surface area contributed by atoms with Crippen molar-refractivity contribution in [2.75, 3.05) is 6.54 Å². The normalized spacial score (nSPS) is 13.2. The van der Waals surface area contributed by atoms with Crippen LogP contribution in [0, 0.1) is 0 Å². The first-order chi connectivity index (χ1) is 11.7. The lowest BCUT2D eigenvalue weighted by atomic mass is 10.1. The molecule has 0 unspecified atom stereocenters. The molecule has 0 spiro atoms. The molecule has 0 radical (unpaired) electrons. The lowest BCUT2D eigenvalue weighted by molar-refractivity contribution is 0.0953. The van der Waals surface area contributed by atoms with Gasteiger partial charge in [-0.2, -0.15) is 5.10 Å². The molecule has 4 rings (SSSR count). The lowest BCUT2D eigenvalue weighted by Gasteiger charge is -2.08. The van der Waals surface area contributed by atoms with Crippen molar-refractivity contribution < 1.29 is 4.79 Å². The van der Waals surface area contributed by atoms with E-state index in [1.54, 1.807) is 12.3 Å². The van der Waals surface area contributed by atoms with Crippen LogP contribution in [0.2, 0.25) is 0 Å². The zero-order valence-corrected chi connectivity index (χ0v) is 13.2. The minimum Gasteiger partial charge on any atom is -0.360 e. The van der Waals surface area contributed by atoms with Gasteiger partial charge in [-0.3, -0.25) is 9.59 Å². The molecule has 1 amide bonds. The fourth-order valence-electron chi connectivity index (χ4n) is 3.23. The summed E-state index contributed by atoms with van der Waals surface area (Å²) in [6, 6.07) is 9.34. The standard InChI is InChI=1S/C18H18N4O2/c23-17-10-12-4-3-7-15(12)21-22(17)9-8-19-18(24)14-11-20-16-6-2-1-5-13(14)16/h1-2,5-6,10-11,20H,3-4,7-9H2,(H,19,24). The third-order valence-corrected chi connectivity index (χ3v) is 4.47. The first kappa shape index (κ1) is 14.7. The van der Waals surface area contributed by atoms with Gasteiger partial charge in [0.15, 0.2) is 0 Å². The summed E-state index contributed by atoms with van der Waals surface area (Å²) in [4.78, 5) is 27.5. The number of nitrogens with zero attached hydrogens (tertiary/aromatic N) is 2. The maximum atomic E-state index is 12.3. The van der Waals surface area contributed by atoms with Gasteiger partial charge >= 0.3 is 0 Å². The van der Waals surface area contributed by atoms with Gasteiger partial charge in [-0.25, -0.2) is 4.68 Å². The lowest BCUT2D eigenvalue weighted by Crippen LogP contribution is -2.32. The quantitative estimate of drug-likeness (QED) is 0.766. The maximum absolute atomic E-state index is 12.3. The number of H-pyrrole nitrogens is 1. The smallest absolute Gasteiger partial charge is 0.267 e. The Hall–Kier alpha value is -2.89. The van der Waals surface area contributed by atoms with E-state index in [-0.39, 0.29) is 11.5 Å². The van der Waals surface area contributed by atoms with Gasteiger partial charge in [-0.15, -0.1) is 0 Å². The zero-order chi connectivity index (χ0) is 16.5. The molecule has 2 aromatic heterocycles. The number of aromatic nitrogens is 3. The molecule has 0 aliphatic heterocycles. The van der Waals surface area contributed by atoms with E-state index in [1.165, 1.54) is 4.68 Å². The second-order valence-corrected chi connectivity index (χ2v) is 6.04. The molecule has 2 N–H and O–H groups in total. The van der Waals surface area contributed by atoms with Gasteiger partial charge < -0.3 is 10.3 Å². The molecular formula is C18H18N4O2. The predicted molar refractivity (Wildman–Crippen MR) is 91.2 cm³/mol. The molecule has 0 atom stereocenters. The summed E-state index contributed by atoms with van der Waals surface area (Å²) < 4.78 is 1.44. The van der Waals surface area contributed by atoms with E-state index < -0.39 is 0 Å². The Morgan fingerprint density at radius 1 is 1.29 bits per heavy atom. The van der Waals surface area contributed by atoms with Crippen LogP contribution in [0.1, 0.15) is 28.0 Å². The van der Waals surface area contributed by atoms with E-state index in [4.69, 9.17) is 0 Å². The number of carbonyl (C=O) groups excluding carboxylic acids is 1. The number of rotatable bonds is 4. The summed E-state index contributed by atoms with van der Waals surface area (Å²) in [7, 11) is 0. The number of nitrogens with one attached hydrogen (secondary N) is 2. The number of aromatic amines is 1. The Morgan fingerprint density at radius 3 is 3.08 bits per heavy atom. The van der Waals surface area contributed by atoms with Crippen LogP contribution >= 0.6 is 0 Å². The fraction of sp³-hybridized carbons (Fsp3) is 0.278. The van der Waals surface area contributed by atoms with Crippen molar-refractivity contribution in [3.63, 3.8) is 0 Å². The second kappa shape index (κ2) is 5.96. The molecule has 24 heavy (non-hydrogen) atoms. The third kappa shape index (κ3) is 2.60. The fourth-order valence-corrected chi connectivity index (χ4v) is 3.23. The van der Waals surface area contributed by atoms with Gasteiger partial charge in [-0.05, 0) is 30.9 Å². The summed E-state index contributed by atoms with van der Waals surface area (Å²) >= 11 is 0. The largest absolute Gasteiger partial charge is 0.360 e. The first-order valence-corrected chi connectivity index (χ1v) is 8.16. The number of hydrogen-bond acceptors (Lipinski definition) is 3. The molecule has 0 fully saturated rings. The molecule has 3 aromatic rings. The summed E-state index contributed by atoms with van der Waals surface area (Å²) in [5.41, 5.74) is 3.52. The monoisotopic (exact) mass is 322 g/mol. The van der Waals surface area contributed by atoms with E-state index >= 15 is 0 Å². The summed E-state index contributed by atoms with van der Waals surface area (Å²) in [5.74, 6) is -0.151. The van der Waals surface area contributed by atoms with Crippen LogP contribution in [0.4, 0.5) is 0 Å². The number of fused-ring (bicyclic) bond motifs is 2. The maximum Gasteiger partial charge on any atom is 0.267 e. The van der Waals surface area contributed by atoms with Crippen molar-refractivity contribution in [1.82, 2.24) is 20.1 Å². The van der Waals surface area contributed by atoms with Gasteiger partial charge in [0.1, 0.15) is 0 Å². The highest BCUT2D eigenvalue weighted by atomic mass is 16.2. The van der Waals surface area contributed by atoms with Crippen LogP contribution in [0.5, 0.6) is 0 Å². The molecule has 122 valence electrons. The average molecular weight is 322 g/mol. The Bertz CT molecular complexity index is 971. The molecule has 1 aromatic carbocycles. The molecule has 0 saturated heterocycles. The third-order valence-electron chi connectivity index (χ3n) is 4.47. The van der Waals surface area contributed by atoms with Crippen LogP contribution in [0.25, 0.3) is 10.9 Å². The molecule has 0 saturated carbocycles. The van der Waals surface area contributed by atoms with Gasteiger partial charge in [-0.1, -0.05) is 18.2 Å². The van der Waals surface area contributed by atoms with Crippen LogP contribution in [0.3, 0.4) is 0 Å². The van der Waals surface area contributed by atoms with Crippen molar-refractivity contribution in [1.29, 1.82) is 0 Å². The Morgan fingerprint density at radius 2 is 2.17 bits per heavy atom. The molecular weight excluding hydrogens is 304 g/mol. The minimum atomic E-state index is -0.151. The molecule has 2 heterocycles. The van der Waals surface area contributed by atoms with E-state index in [0.29, 0.717) is 18.7 Å². The summed E-state index contributed by atoms with van der Waals surface area (Å²) in [6.45, 7) is 0.740. The van der Waals surface area contributed by atoms with E-state index in [2.05, 4.69) is 15.4 Å². The van der Waals surface area contributed by atoms with E-state index in [0.717, 1.165) is 41.4 Å². The van der Waals surface area contributed by atoms with Crippen LogP contribution < -0.4 is 10.9 Å². The Balaban J connectivity index is 1.44. The Labute approximate surface area is 138 Å². The second-order valence-electron chi connectivity index (χ2n) is 6.04. The van der Waals surface area contributed by atoms with Crippen molar-refractivity contribution >= 4 is 16.8 Å². The number of aryl methyl sites for hydroxylation is 2. The Kier molecular flexibility index (Phi) is 3.65. The van der Waals surface area contributed by atoms with Crippen molar-refractivity contribution in [3.8, 4) is 0 Å². The molecule has 0 bridgehead atoms. The van der Waals surface area contributed by atoms with Gasteiger partial charge in [0.05, 0.1) is 17.8 Å². The first-order valence-electron chi connectivity index (χ1n) is 8.16. The van der Waals surface area contributed by atoms with E-state index in [1.807, 2.05) is 24.3 Å². The van der Waals surface area contributed by atoms with E-state index in [9.17, 15) is 9.59 Å². The van der Waals surface area contributed by atoms with Gasteiger partial charge in [0.25, 0.3) is 11.5 Å². The highest BCUT2D eigenvalue weighted by Crippen LogP contribution is 2.18. The van der Waals surface area contributed by atoms with Gasteiger partial charge in [0, 0.05) is 29.7 Å². The van der Waals surface area contributed by atoms with Crippen LogP contribution in [0.15, 0.2) is 41.3 Å². The van der Waals surface area contributed by atoms with Crippen molar-refractivity contribution in [2.45, 2.75) is 25.8 Å². The summed E-state index contributed by atoms with van der Waals surface area (Å²) in [5, 5.41) is 8.16. The molecule has 1 aliphatic carbocycles. The highest BCUT2D eigenvalue weighted by Gasteiger charge is 2.15. The predicted octanol–water partition coefficient (Wildman–Crippen LogP) is 1.64. The highest BCUT2D eigenvalue weighted by molar-refractivity contribution is 6.06. The number of carbonyl (C=O) groups is 1.